The van der Waals surface area contributed by atoms with Crippen molar-refractivity contribution in [3.8, 4) is 0 Å². The zero-order valence-electron chi connectivity index (χ0n) is 7.95. The molecule has 1 unspecified atom stereocenters. The molecule has 0 aromatic carbocycles. The maximum absolute atomic E-state index is 11.0. The number of rotatable bonds is 4. The number of hydrogen-bond donors (Lipinski definition) is 2. The van der Waals surface area contributed by atoms with Crippen LogP contribution in [0.25, 0.3) is 0 Å². The third-order valence-corrected chi connectivity index (χ3v) is 3.38. The summed E-state index contributed by atoms with van der Waals surface area (Å²) in [5.41, 5.74) is 0. The molecule has 5 heteroatoms. The molecule has 0 radical (unpaired) electrons. The number of aliphatic carboxylic acids is 1. The van der Waals surface area contributed by atoms with Crippen LogP contribution in [0.1, 0.15) is 24.8 Å². The average Bonchev–Trinajstić information content (AvgIpc) is 2.46. The minimum atomic E-state index is -0.840. The second-order valence-corrected chi connectivity index (χ2v) is 5.12. The van der Waals surface area contributed by atoms with Crippen molar-refractivity contribution < 1.29 is 9.90 Å². The standard InChI is InChI=1S/C9H12BrNO2S/c1-5(2)11-8(9(12)13)7-3-6(10)4-14-7/h3-5,8,11H,1-2H3,(H,12,13). The molecule has 0 aliphatic rings. The van der Waals surface area contributed by atoms with Crippen LogP contribution < -0.4 is 5.32 Å². The van der Waals surface area contributed by atoms with Crippen LogP contribution >= 0.6 is 27.3 Å². The van der Waals surface area contributed by atoms with Crippen LogP contribution in [0.3, 0.4) is 0 Å². The van der Waals surface area contributed by atoms with Crippen molar-refractivity contribution >= 4 is 33.2 Å². The number of nitrogens with one attached hydrogen (secondary N) is 1. The Morgan fingerprint density at radius 2 is 2.29 bits per heavy atom. The first-order valence-electron chi connectivity index (χ1n) is 4.23. The topological polar surface area (TPSA) is 49.3 Å². The molecule has 1 atom stereocenters. The van der Waals surface area contributed by atoms with Gasteiger partial charge in [0.1, 0.15) is 6.04 Å². The van der Waals surface area contributed by atoms with Crippen molar-refractivity contribution in [2.75, 3.05) is 0 Å². The molecule has 1 heterocycles. The zero-order chi connectivity index (χ0) is 10.7. The minimum Gasteiger partial charge on any atom is -0.480 e. The second kappa shape index (κ2) is 4.91. The first kappa shape index (κ1) is 11.7. The molecule has 0 amide bonds. The van der Waals surface area contributed by atoms with Crippen LogP contribution in [0.4, 0.5) is 0 Å². The molecule has 0 aliphatic carbocycles. The van der Waals surface area contributed by atoms with Gasteiger partial charge in [0.25, 0.3) is 0 Å². The van der Waals surface area contributed by atoms with Crippen molar-refractivity contribution in [1.82, 2.24) is 5.32 Å². The summed E-state index contributed by atoms with van der Waals surface area (Å²) in [6, 6.07) is 1.38. The maximum Gasteiger partial charge on any atom is 0.326 e. The summed E-state index contributed by atoms with van der Waals surface area (Å²) in [5, 5.41) is 13.9. The Balaban J connectivity index is 2.83. The molecule has 1 aromatic rings. The van der Waals surface area contributed by atoms with E-state index in [0.717, 1.165) is 9.35 Å². The van der Waals surface area contributed by atoms with E-state index >= 15 is 0 Å². The van der Waals surface area contributed by atoms with E-state index in [1.807, 2.05) is 25.3 Å². The molecule has 2 N–H and O–H groups in total. The van der Waals surface area contributed by atoms with Crippen molar-refractivity contribution in [2.24, 2.45) is 0 Å². The Morgan fingerprint density at radius 3 is 2.64 bits per heavy atom. The third kappa shape index (κ3) is 3.08. The monoisotopic (exact) mass is 277 g/mol. The quantitative estimate of drug-likeness (QED) is 0.890. The fourth-order valence-corrected chi connectivity index (χ4v) is 2.58. The molecule has 0 aliphatic heterocycles. The lowest BCUT2D eigenvalue weighted by Crippen LogP contribution is -2.32. The lowest BCUT2D eigenvalue weighted by molar-refractivity contribution is -0.139. The lowest BCUT2D eigenvalue weighted by atomic mass is 10.2. The van der Waals surface area contributed by atoms with Crippen LogP contribution in [0.15, 0.2) is 15.9 Å². The van der Waals surface area contributed by atoms with E-state index in [4.69, 9.17) is 5.11 Å². The molecule has 0 saturated carbocycles. The van der Waals surface area contributed by atoms with Gasteiger partial charge in [0.15, 0.2) is 0 Å². The number of halogens is 1. The number of carboxylic acid groups (broad SMARTS) is 1. The highest BCUT2D eigenvalue weighted by Gasteiger charge is 2.21. The molecule has 1 rings (SSSR count). The summed E-state index contributed by atoms with van der Waals surface area (Å²) in [7, 11) is 0. The van der Waals surface area contributed by atoms with Crippen molar-refractivity contribution in [1.29, 1.82) is 0 Å². The Bertz CT molecular complexity index is 324. The summed E-state index contributed by atoms with van der Waals surface area (Å²) in [6.07, 6.45) is 0. The maximum atomic E-state index is 11.0. The van der Waals surface area contributed by atoms with E-state index < -0.39 is 12.0 Å². The summed E-state index contributed by atoms with van der Waals surface area (Å²) in [4.78, 5) is 11.8. The van der Waals surface area contributed by atoms with Gasteiger partial charge in [-0.15, -0.1) is 11.3 Å². The number of hydrogen-bond acceptors (Lipinski definition) is 3. The number of carbonyl (C=O) groups is 1. The van der Waals surface area contributed by atoms with Crippen molar-refractivity contribution in [2.45, 2.75) is 25.9 Å². The molecule has 0 spiro atoms. The zero-order valence-corrected chi connectivity index (χ0v) is 10.4. The number of thiophene rings is 1. The van der Waals surface area contributed by atoms with Gasteiger partial charge in [0, 0.05) is 20.8 Å². The molecule has 0 saturated heterocycles. The lowest BCUT2D eigenvalue weighted by Gasteiger charge is -2.15. The van der Waals surface area contributed by atoms with E-state index in [9.17, 15) is 4.79 Å². The normalized spacial score (nSPS) is 13.1. The Kier molecular flexibility index (Phi) is 4.10. The van der Waals surface area contributed by atoms with E-state index in [-0.39, 0.29) is 6.04 Å². The molecular formula is C9H12BrNO2S. The Morgan fingerprint density at radius 1 is 1.64 bits per heavy atom. The molecule has 14 heavy (non-hydrogen) atoms. The molecule has 0 fully saturated rings. The van der Waals surface area contributed by atoms with Gasteiger partial charge in [0.05, 0.1) is 0 Å². The predicted molar refractivity (Wildman–Crippen MR) is 60.7 cm³/mol. The predicted octanol–water partition coefficient (Wildman–Crippen LogP) is 2.63. The van der Waals surface area contributed by atoms with Crippen molar-refractivity contribution in [3.05, 3.63) is 20.8 Å². The van der Waals surface area contributed by atoms with Crippen LogP contribution in [-0.2, 0) is 4.79 Å². The smallest absolute Gasteiger partial charge is 0.326 e. The molecule has 3 nitrogen and oxygen atoms in total. The fourth-order valence-electron chi connectivity index (χ4n) is 1.09. The fraction of sp³-hybridized carbons (Fsp3) is 0.444. The van der Waals surface area contributed by atoms with Gasteiger partial charge in [-0.25, -0.2) is 0 Å². The first-order valence-corrected chi connectivity index (χ1v) is 5.90. The summed E-state index contributed by atoms with van der Waals surface area (Å²) < 4.78 is 0.925. The first-order chi connectivity index (χ1) is 6.50. The van der Waals surface area contributed by atoms with Gasteiger partial charge >= 0.3 is 5.97 Å². The van der Waals surface area contributed by atoms with Gasteiger partial charge < -0.3 is 5.11 Å². The molecular weight excluding hydrogens is 266 g/mol. The average molecular weight is 278 g/mol. The highest BCUT2D eigenvalue weighted by atomic mass is 79.9. The van der Waals surface area contributed by atoms with Crippen LogP contribution in [-0.4, -0.2) is 17.1 Å². The largest absolute Gasteiger partial charge is 0.480 e. The molecule has 1 aromatic heterocycles. The van der Waals surface area contributed by atoms with E-state index in [0.29, 0.717) is 0 Å². The number of carboxylic acids is 1. The Hall–Kier alpha value is -0.390. The summed E-state index contributed by atoms with van der Waals surface area (Å²) in [5.74, 6) is -0.840. The van der Waals surface area contributed by atoms with Gasteiger partial charge in [-0.3, -0.25) is 10.1 Å². The highest BCUT2D eigenvalue weighted by Crippen LogP contribution is 2.26. The van der Waals surface area contributed by atoms with Gasteiger partial charge in [0.2, 0.25) is 0 Å². The highest BCUT2D eigenvalue weighted by molar-refractivity contribution is 9.10. The second-order valence-electron chi connectivity index (χ2n) is 3.26. The van der Waals surface area contributed by atoms with E-state index in [1.165, 1.54) is 11.3 Å². The van der Waals surface area contributed by atoms with E-state index in [2.05, 4.69) is 21.2 Å². The van der Waals surface area contributed by atoms with E-state index in [1.54, 1.807) is 0 Å². The van der Waals surface area contributed by atoms with Crippen LogP contribution in [0.2, 0.25) is 0 Å². The Labute approximate surface area is 95.3 Å². The molecule has 78 valence electrons. The van der Waals surface area contributed by atoms with Gasteiger partial charge in [-0.1, -0.05) is 0 Å². The van der Waals surface area contributed by atoms with Gasteiger partial charge in [-0.05, 0) is 35.8 Å². The SMILES string of the molecule is CC(C)NC(C(=O)O)c1cc(Br)cs1. The summed E-state index contributed by atoms with van der Waals surface area (Å²) >= 11 is 4.74. The van der Waals surface area contributed by atoms with Gasteiger partial charge in [-0.2, -0.15) is 0 Å². The van der Waals surface area contributed by atoms with Crippen LogP contribution in [0, 0.1) is 0 Å². The van der Waals surface area contributed by atoms with Crippen LogP contribution in [0.5, 0.6) is 0 Å². The van der Waals surface area contributed by atoms with Crippen molar-refractivity contribution in [3.63, 3.8) is 0 Å². The minimum absolute atomic E-state index is 0.150. The summed E-state index contributed by atoms with van der Waals surface area (Å²) in [6.45, 7) is 3.86. The third-order valence-electron chi connectivity index (χ3n) is 1.62. The molecule has 0 bridgehead atoms.